The number of phenols is 1. The molecule has 0 saturated heterocycles. The van der Waals surface area contributed by atoms with Crippen LogP contribution in [0.4, 0.5) is 0 Å². The summed E-state index contributed by atoms with van der Waals surface area (Å²) in [5.74, 6) is 0.192. The predicted molar refractivity (Wildman–Crippen MR) is 103 cm³/mol. The maximum Gasteiger partial charge on any atom is 0.258 e. The van der Waals surface area contributed by atoms with Crippen LogP contribution in [-0.4, -0.2) is 56.4 Å². The Balaban J connectivity index is 1.68. The Morgan fingerprint density at radius 2 is 1.10 bits per heavy atom. The third-order valence-electron chi connectivity index (χ3n) is 3.89. The summed E-state index contributed by atoms with van der Waals surface area (Å²) >= 11 is 0. The zero-order chi connectivity index (χ0) is 20.5. The Hall–Kier alpha value is -3.62. The van der Waals surface area contributed by atoms with Crippen molar-refractivity contribution in [3.63, 3.8) is 0 Å². The van der Waals surface area contributed by atoms with E-state index in [9.17, 15) is 14.7 Å². The summed E-state index contributed by atoms with van der Waals surface area (Å²) in [5.41, 5.74) is 0. The first-order valence-corrected chi connectivity index (χ1v) is 9.09. The highest BCUT2D eigenvalue weighted by Gasteiger charge is 2.13. The Morgan fingerprint density at radius 3 is 1.59 bits per heavy atom. The highest BCUT2D eigenvalue weighted by Crippen LogP contribution is 2.35. The molecule has 3 rings (SSSR count). The van der Waals surface area contributed by atoms with Crippen LogP contribution in [0.5, 0.6) is 28.7 Å². The Morgan fingerprint density at radius 1 is 0.655 bits per heavy atom. The second-order valence-corrected chi connectivity index (χ2v) is 6.02. The number of hydrogen-bond acceptors (Lipinski definition) is 7. The lowest BCUT2D eigenvalue weighted by Crippen LogP contribution is -2.32. The maximum atomic E-state index is 11.9. The van der Waals surface area contributed by atoms with E-state index in [0.29, 0.717) is 11.5 Å². The third kappa shape index (κ3) is 5.93. The average molecular weight is 402 g/mol. The molecule has 0 radical (unpaired) electrons. The molecule has 0 saturated carbocycles. The average Bonchev–Trinajstić information content (AvgIpc) is 2.73. The molecule has 0 spiro atoms. The molecule has 0 atom stereocenters. The summed E-state index contributed by atoms with van der Waals surface area (Å²) in [6.07, 6.45) is 0. The molecule has 154 valence electrons. The van der Waals surface area contributed by atoms with Crippen LogP contribution >= 0.6 is 0 Å². The van der Waals surface area contributed by atoms with Gasteiger partial charge in [-0.25, -0.2) is 0 Å². The molecule has 1 heterocycles. The molecule has 1 aliphatic heterocycles. The van der Waals surface area contributed by atoms with E-state index in [4.69, 9.17) is 18.9 Å². The number of amides is 2. The molecule has 2 bridgehead atoms. The molecule has 2 amide bonds. The van der Waals surface area contributed by atoms with E-state index in [1.165, 1.54) is 12.1 Å². The van der Waals surface area contributed by atoms with E-state index < -0.39 is 0 Å². The number of phenolic OH excluding ortho intramolecular Hbond substituents is 1. The van der Waals surface area contributed by atoms with Crippen LogP contribution in [0.1, 0.15) is 0 Å². The summed E-state index contributed by atoms with van der Waals surface area (Å²) < 4.78 is 22.0. The quantitative estimate of drug-likeness (QED) is 0.598. The van der Waals surface area contributed by atoms with Gasteiger partial charge in [0, 0.05) is 0 Å². The molecule has 0 aliphatic carbocycles. The Bertz CT molecular complexity index is 791. The van der Waals surface area contributed by atoms with Crippen LogP contribution in [0.15, 0.2) is 42.5 Å². The summed E-state index contributed by atoms with van der Waals surface area (Å²) in [4.78, 5) is 23.9. The largest absolute Gasteiger partial charge is 0.502 e. The predicted octanol–water partition coefficient (Wildman–Crippen LogP) is 0.854. The minimum Gasteiger partial charge on any atom is -0.502 e. The topological polar surface area (TPSA) is 115 Å². The number of ether oxygens (including phenoxy) is 4. The first-order chi connectivity index (χ1) is 14.1. The number of benzene rings is 2. The van der Waals surface area contributed by atoms with Crippen LogP contribution in [0.3, 0.4) is 0 Å². The van der Waals surface area contributed by atoms with Crippen LogP contribution in [0.2, 0.25) is 0 Å². The van der Waals surface area contributed by atoms with Gasteiger partial charge in [0.2, 0.25) is 5.75 Å². The molecule has 0 fully saturated rings. The van der Waals surface area contributed by atoms with Crippen molar-refractivity contribution in [2.24, 2.45) is 0 Å². The lowest BCUT2D eigenvalue weighted by atomic mass is 10.3. The summed E-state index contributed by atoms with van der Waals surface area (Å²) in [6, 6.07) is 11.7. The van der Waals surface area contributed by atoms with Crippen LogP contribution in [0, 0.1) is 0 Å². The second kappa shape index (κ2) is 10.1. The second-order valence-electron chi connectivity index (χ2n) is 6.02. The fourth-order valence-corrected chi connectivity index (χ4v) is 2.52. The molecule has 0 aromatic heterocycles. The number of rotatable bonds is 0. The maximum absolute atomic E-state index is 11.9. The third-order valence-corrected chi connectivity index (χ3v) is 3.89. The molecule has 29 heavy (non-hydrogen) atoms. The van der Waals surface area contributed by atoms with Crippen molar-refractivity contribution in [3.05, 3.63) is 42.5 Å². The van der Waals surface area contributed by atoms with E-state index in [0.717, 1.165) is 0 Å². The van der Waals surface area contributed by atoms with Crippen LogP contribution in [0.25, 0.3) is 0 Å². The first kappa shape index (κ1) is 20.1. The monoisotopic (exact) mass is 402 g/mol. The van der Waals surface area contributed by atoms with E-state index >= 15 is 0 Å². The number of carbonyl (C=O) groups is 2. The SMILES string of the molecule is O=C1COc2cccc(c2O)OCC(=O)NCCOc2ccccc2OCCN1. The van der Waals surface area contributed by atoms with Crippen LogP contribution in [-0.2, 0) is 9.59 Å². The number of aromatic hydroxyl groups is 1. The van der Waals surface area contributed by atoms with Gasteiger partial charge in [-0.15, -0.1) is 0 Å². The number of nitrogens with one attached hydrogen (secondary N) is 2. The molecule has 0 unspecified atom stereocenters. The van der Waals surface area contributed by atoms with Crippen molar-refractivity contribution in [3.8, 4) is 28.7 Å². The van der Waals surface area contributed by atoms with Crippen molar-refractivity contribution >= 4 is 11.8 Å². The smallest absolute Gasteiger partial charge is 0.258 e. The van der Waals surface area contributed by atoms with Gasteiger partial charge in [0.1, 0.15) is 13.2 Å². The van der Waals surface area contributed by atoms with Crippen molar-refractivity contribution in [1.82, 2.24) is 10.6 Å². The molecular weight excluding hydrogens is 380 g/mol. The zero-order valence-corrected chi connectivity index (χ0v) is 15.7. The van der Waals surface area contributed by atoms with Gasteiger partial charge >= 0.3 is 0 Å². The van der Waals surface area contributed by atoms with Crippen molar-refractivity contribution in [2.45, 2.75) is 0 Å². The van der Waals surface area contributed by atoms with Crippen LogP contribution < -0.4 is 29.6 Å². The van der Waals surface area contributed by atoms with Crippen molar-refractivity contribution < 1.29 is 33.6 Å². The van der Waals surface area contributed by atoms with Gasteiger partial charge in [0.15, 0.2) is 36.2 Å². The zero-order valence-electron chi connectivity index (χ0n) is 15.7. The molecule has 9 heteroatoms. The molecular formula is C20H22N2O7. The van der Waals surface area contributed by atoms with Gasteiger partial charge in [-0.2, -0.15) is 0 Å². The molecule has 3 N–H and O–H groups in total. The van der Waals surface area contributed by atoms with E-state index in [1.807, 2.05) is 12.1 Å². The molecule has 2 aromatic rings. The van der Waals surface area contributed by atoms with E-state index in [-0.39, 0.29) is 68.6 Å². The first-order valence-electron chi connectivity index (χ1n) is 9.09. The highest BCUT2D eigenvalue weighted by molar-refractivity contribution is 5.78. The van der Waals surface area contributed by atoms with Gasteiger partial charge in [-0.1, -0.05) is 18.2 Å². The minimum absolute atomic E-state index is 0.0783. The van der Waals surface area contributed by atoms with Gasteiger partial charge in [-0.05, 0) is 24.3 Å². The number of hydrogen-bond donors (Lipinski definition) is 3. The summed E-state index contributed by atoms with van der Waals surface area (Å²) in [6.45, 7) is 0.409. The normalized spacial score (nSPS) is 16.0. The fraction of sp³-hybridized carbons (Fsp3) is 0.300. The lowest BCUT2D eigenvalue weighted by molar-refractivity contribution is -0.123. The molecule has 2 aromatic carbocycles. The standard InChI is InChI=1S/C20H22N2O7/c23-18-12-28-16-6-3-7-17(20(16)25)29-13-19(24)22-9-11-27-15-5-2-1-4-14(15)26-10-8-21-18/h1-7,25H,8-13H2,(H,21,23)(H,22,24). The van der Waals surface area contributed by atoms with E-state index in [1.54, 1.807) is 18.2 Å². The van der Waals surface area contributed by atoms with Gasteiger partial charge in [-0.3, -0.25) is 9.59 Å². The van der Waals surface area contributed by atoms with Gasteiger partial charge in [0.05, 0.1) is 13.1 Å². The summed E-state index contributed by atoms with van der Waals surface area (Å²) in [7, 11) is 0. The number of fused-ring (bicyclic) bond motifs is 3. The molecule has 1 aliphatic rings. The van der Waals surface area contributed by atoms with E-state index in [2.05, 4.69) is 10.6 Å². The van der Waals surface area contributed by atoms with Crippen molar-refractivity contribution in [2.75, 3.05) is 39.5 Å². The van der Waals surface area contributed by atoms with Gasteiger partial charge < -0.3 is 34.7 Å². The lowest BCUT2D eigenvalue weighted by Gasteiger charge is -2.13. The fourth-order valence-electron chi connectivity index (χ4n) is 2.52. The highest BCUT2D eigenvalue weighted by atomic mass is 16.5. The number of carbonyl (C=O) groups excluding carboxylic acids is 2. The Labute approximate surface area is 167 Å². The minimum atomic E-state index is -0.374. The summed E-state index contributed by atoms with van der Waals surface area (Å²) in [5, 5.41) is 15.5. The molecule has 9 nitrogen and oxygen atoms in total. The van der Waals surface area contributed by atoms with Crippen molar-refractivity contribution in [1.29, 1.82) is 0 Å². The van der Waals surface area contributed by atoms with Gasteiger partial charge in [0.25, 0.3) is 11.8 Å². The Kier molecular flexibility index (Phi) is 6.99. The number of para-hydroxylation sites is 3.